The summed E-state index contributed by atoms with van der Waals surface area (Å²) < 4.78 is 5.03. The molecular formula is C55H34N2S. The first kappa shape index (κ1) is 32.9. The highest BCUT2D eigenvalue weighted by Crippen LogP contribution is 2.44. The maximum absolute atomic E-state index is 5.50. The van der Waals surface area contributed by atoms with Crippen LogP contribution in [0.2, 0.25) is 0 Å². The SMILES string of the molecule is c1ccc(-c2ccc(-c3cc(-c4ccc(-c5ccccc5)cc4)nc(-n4c5cccc6ccc7c(-c8ccc9sc%10ccccc%10c9c8)ccc4c7c65)c3)cc2)cc1. The summed E-state index contributed by atoms with van der Waals surface area (Å²) in [7, 11) is 0. The van der Waals surface area contributed by atoms with Gasteiger partial charge in [0.1, 0.15) is 5.82 Å². The van der Waals surface area contributed by atoms with Gasteiger partial charge in [-0.3, -0.25) is 4.57 Å². The van der Waals surface area contributed by atoms with Gasteiger partial charge in [-0.05, 0) is 97.7 Å². The highest BCUT2D eigenvalue weighted by atomic mass is 32.1. The van der Waals surface area contributed by atoms with Gasteiger partial charge in [0.05, 0.1) is 16.7 Å². The van der Waals surface area contributed by atoms with E-state index < -0.39 is 0 Å². The molecule has 0 bridgehead atoms. The van der Waals surface area contributed by atoms with Gasteiger partial charge in [-0.2, -0.15) is 0 Å². The first-order valence-electron chi connectivity index (χ1n) is 19.8. The maximum Gasteiger partial charge on any atom is 0.138 e. The molecule has 0 aliphatic heterocycles. The molecule has 0 fully saturated rings. The van der Waals surface area contributed by atoms with E-state index in [4.69, 9.17) is 4.98 Å². The number of hydrogen-bond acceptors (Lipinski definition) is 2. The van der Waals surface area contributed by atoms with E-state index in [1.165, 1.54) is 75.1 Å². The second-order valence-corrected chi connectivity index (χ2v) is 16.2. The van der Waals surface area contributed by atoms with Crippen LogP contribution < -0.4 is 0 Å². The summed E-state index contributed by atoms with van der Waals surface area (Å²) in [4.78, 5) is 5.50. The molecule has 0 spiro atoms. The molecule has 2 nitrogen and oxygen atoms in total. The summed E-state index contributed by atoms with van der Waals surface area (Å²) in [5.41, 5.74) is 13.9. The fourth-order valence-corrected chi connectivity index (χ4v) is 10.1. The van der Waals surface area contributed by atoms with Crippen molar-refractivity contribution in [1.82, 2.24) is 9.55 Å². The van der Waals surface area contributed by atoms with E-state index in [1.807, 2.05) is 11.3 Å². The second-order valence-electron chi connectivity index (χ2n) is 15.1. The molecule has 0 N–H and O–H groups in total. The lowest BCUT2D eigenvalue weighted by atomic mass is 9.94. The van der Waals surface area contributed by atoms with Gasteiger partial charge in [0, 0.05) is 36.5 Å². The Labute approximate surface area is 339 Å². The number of rotatable bonds is 6. The summed E-state index contributed by atoms with van der Waals surface area (Å²) in [6.07, 6.45) is 0. The third-order valence-electron chi connectivity index (χ3n) is 11.8. The Bertz CT molecular complexity index is 3370. The van der Waals surface area contributed by atoms with Crippen LogP contribution in [-0.2, 0) is 0 Å². The highest BCUT2D eigenvalue weighted by molar-refractivity contribution is 7.25. The van der Waals surface area contributed by atoms with Crippen molar-refractivity contribution in [2.45, 2.75) is 0 Å². The molecule has 3 aromatic heterocycles. The molecular weight excluding hydrogens is 721 g/mol. The summed E-state index contributed by atoms with van der Waals surface area (Å²) in [5, 5.41) is 7.66. The van der Waals surface area contributed by atoms with Gasteiger partial charge >= 0.3 is 0 Å². The number of benzene rings is 9. The summed E-state index contributed by atoms with van der Waals surface area (Å²) >= 11 is 1.86. The van der Waals surface area contributed by atoms with E-state index in [1.54, 1.807) is 0 Å². The number of nitrogens with zero attached hydrogens (tertiary/aromatic N) is 2. The Hall–Kier alpha value is -7.33. The van der Waals surface area contributed by atoms with Gasteiger partial charge < -0.3 is 0 Å². The molecule has 12 aromatic rings. The topological polar surface area (TPSA) is 17.8 Å². The fraction of sp³-hybridized carbons (Fsp3) is 0. The van der Waals surface area contributed by atoms with Crippen LogP contribution in [0, 0.1) is 0 Å². The minimum absolute atomic E-state index is 0.899. The Morgan fingerprint density at radius 1 is 0.345 bits per heavy atom. The molecule has 12 rings (SSSR count). The normalized spacial score (nSPS) is 11.8. The highest BCUT2D eigenvalue weighted by Gasteiger charge is 2.21. The van der Waals surface area contributed by atoms with E-state index in [-0.39, 0.29) is 0 Å². The first-order chi connectivity index (χ1) is 28.7. The molecule has 3 heterocycles. The number of pyridine rings is 1. The Morgan fingerprint density at radius 2 is 0.948 bits per heavy atom. The molecule has 0 aliphatic carbocycles. The molecule has 3 heteroatoms. The molecule has 0 amide bonds. The van der Waals surface area contributed by atoms with Crippen LogP contribution in [0.3, 0.4) is 0 Å². The molecule has 270 valence electrons. The zero-order chi connectivity index (χ0) is 38.2. The first-order valence-corrected chi connectivity index (χ1v) is 20.6. The van der Waals surface area contributed by atoms with Crippen molar-refractivity contribution in [1.29, 1.82) is 0 Å². The van der Waals surface area contributed by atoms with Crippen LogP contribution in [0.25, 0.3) is 114 Å². The second kappa shape index (κ2) is 13.1. The lowest BCUT2D eigenvalue weighted by molar-refractivity contribution is 1.08. The van der Waals surface area contributed by atoms with Crippen molar-refractivity contribution in [2.24, 2.45) is 0 Å². The molecule has 58 heavy (non-hydrogen) atoms. The molecule has 0 atom stereocenters. The van der Waals surface area contributed by atoms with Crippen LogP contribution in [0.4, 0.5) is 0 Å². The predicted molar refractivity (Wildman–Crippen MR) is 247 cm³/mol. The van der Waals surface area contributed by atoms with E-state index in [0.29, 0.717) is 0 Å². The molecule has 0 saturated carbocycles. The predicted octanol–water partition coefficient (Wildman–Crippen LogP) is 15.5. The number of hydrogen-bond donors (Lipinski definition) is 0. The third-order valence-corrected chi connectivity index (χ3v) is 13.0. The van der Waals surface area contributed by atoms with Crippen molar-refractivity contribution in [3.8, 4) is 61.6 Å². The van der Waals surface area contributed by atoms with Crippen LogP contribution >= 0.6 is 11.3 Å². The van der Waals surface area contributed by atoms with Gasteiger partial charge in [-0.1, -0.05) is 164 Å². The smallest absolute Gasteiger partial charge is 0.138 e. The van der Waals surface area contributed by atoms with Crippen LogP contribution in [0.1, 0.15) is 0 Å². The van der Waals surface area contributed by atoms with Crippen LogP contribution in [-0.4, -0.2) is 9.55 Å². The van der Waals surface area contributed by atoms with Gasteiger partial charge in [0.2, 0.25) is 0 Å². The number of aromatic nitrogens is 2. The zero-order valence-corrected chi connectivity index (χ0v) is 32.2. The molecule has 0 unspecified atom stereocenters. The number of fused-ring (bicyclic) bond motifs is 3. The van der Waals surface area contributed by atoms with Crippen LogP contribution in [0.5, 0.6) is 0 Å². The summed E-state index contributed by atoms with van der Waals surface area (Å²) in [5.74, 6) is 0.899. The monoisotopic (exact) mass is 754 g/mol. The summed E-state index contributed by atoms with van der Waals surface area (Å²) in [6, 6.07) is 75.0. The zero-order valence-electron chi connectivity index (χ0n) is 31.4. The van der Waals surface area contributed by atoms with Crippen molar-refractivity contribution in [2.75, 3.05) is 0 Å². The molecule has 9 aromatic carbocycles. The van der Waals surface area contributed by atoms with Crippen molar-refractivity contribution >= 4 is 64.1 Å². The van der Waals surface area contributed by atoms with E-state index in [2.05, 4.69) is 211 Å². The largest absolute Gasteiger partial charge is 0.294 e. The molecule has 0 saturated heterocycles. The Balaban J connectivity index is 1.06. The lowest BCUT2D eigenvalue weighted by Gasteiger charge is -2.14. The summed E-state index contributed by atoms with van der Waals surface area (Å²) in [6.45, 7) is 0. The van der Waals surface area contributed by atoms with Gasteiger partial charge in [0.25, 0.3) is 0 Å². The minimum Gasteiger partial charge on any atom is -0.294 e. The quantitative estimate of drug-likeness (QED) is 0.155. The average Bonchev–Trinajstić information content (AvgIpc) is 3.85. The maximum atomic E-state index is 5.50. The standard InChI is InChI=1S/C55H34N2S/c1-3-10-35(11-4-1)37-18-20-39(21-19-37)43-33-48(40-24-22-38(23-25-40)36-12-5-2-6-13-36)56-53(34-43)57-49-16-9-14-41-26-28-46-44(29-30-50(57)55(46)54(41)49)42-27-31-52-47(32-42)45-15-7-8-17-51(45)58-52/h1-34H. The third kappa shape index (κ3) is 5.28. The van der Waals surface area contributed by atoms with Crippen molar-refractivity contribution < 1.29 is 0 Å². The average molecular weight is 755 g/mol. The van der Waals surface area contributed by atoms with Crippen molar-refractivity contribution in [3.63, 3.8) is 0 Å². The van der Waals surface area contributed by atoms with E-state index in [9.17, 15) is 0 Å². The van der Waals surface area contributed by atoms with Gasteiger partial charge in [0.15, 0.2) is 0 Å². The van der Waals surface area contributed by atoms with Gasteiger partial charge in [-0.25, -0.2) is 4.98 Å². The van der Waals surface area contributed by atoms with E-state index >= 15 is 0 Å². The Morgan fingerprint density at radius 3 is 1.69 bits per heavy atom. The minimum atomic E-state index is 0.899. The molecule has 0 radical (unpaired) electrons. The van der Waals surface area contributed by atoms with Crippen molar-refractivity contribution in [3.05, 3.63) is 206 Å². The fourth-order valence-electron chi connectivity index (χ4n) is 8.98. The number of thiophene rings is 1. The molecule has 0 aliphatic rings. The lowest BCUT2D eigenvalue weighted by Crippen LogP contribution is -2.00. The van der Waals surface area contributed by atoms with Gasteiger partial charge in [-0.15, -0.1) is 11.3 Å². The van der Waals surface area contributed by atoms with E-state index in [0.717, 1.165) is 39.2 Å². The Kier molecular flexibility index (Phi) is 7.44. The van der Waals surface area contributed by atoms with Crippen LogP contribution in [0.15, 0.2) is 206 Å².